The molecule has 4 nitrogen and oxygen atoms in total. The Labute approximate surface area is 206 Å². The van der Waals surface area contributed by atoms with E-state index >= 15 is 0 Å². The highest BCUT2D eigenvalue weighted by Crippen LogP contribution is 2.35. The molecule has 1 atom stereocenters. The first-order valence-corrected chi connectivity index (χ1v) is 12.0. The van der Waals surface area contributed by atoms with Gasteiger partial charge in [-0.05, 0) is 47.4 Å². The van der Waals surface area contributed by atoms with Crippen LogP contribution in [-0.2, 0) is 17.9 Å². The summed E-state index contributed by atoms with van der Waals surface area (Å²) in [5, 5.41) is 4.29. The number of nitrogens with one attached hydrogen (secondary N) is 1. The average molecular weight is 460 g/mol. The van der Waals surface area contributed by atoms with Gasteiger partial charge in [0.25, 0.3) is 0 Å². The highest BCUT2D eigenvalue weighted by atomic mass is 16.1. The molecule has 0 aliphatic rings. The third-order valence-electron chi connectivity index (χ3n) is 6.50. The normalized spacial score (nSPS) is 11.9. The van der Waals surface area contributed by atoms with Gasteiger partial charge in [-0.25, -0.2) is 0 Å². The fourth-order valence-corrected chi connectivity index (χ4v) is 4.63. The van der Waals surface area contributed by atoms with Crippen molar-refractivity contribution in [2.24, 2.45) is 0 Å². The number of amides is 1. The lowest BCUT2D eigenvalue weighted by Crippen LogP contribution is -2.25. The first-order chi connectivity index (χ1) is 17.2. The number of nitrogens with zero attached hydrogens (tertiary/aromatic N) is 2. The molecule has 174 valence electrons. The van der Waals surface area contributed by atoms with Crippen molar-refractivity contribution in [3.05, 3.63) is 137 Å². The van der Waals surface area contributed by atoms with Crippen LogP contribution in [0.5, 0.6) is 0 Å². The minimum Gasteiger partial charge on any atom is -0.352 e. The zero-order valence-corrected chi connectivity index (χ0v) is 19.9. The average Bonchev–Trinajstić information content (AvgIpc) is 3.26. The van der Waals surface area contributed by atoms with Crippen LogP contribution in [0.1, 0.15) is 40.2 Å². The summed E-state index contributed by atoms with van der Waals surface area (Å²) in [6, 6.07) is 31.4. The second-order valence-electron chi connectivity index (χ2n) is 9.01. The number of hydrogen-bond acceptors (Lipinski definition) is 2. The molecule has 1 N–H and O–H groups in total. The maximum atomic E-state index is 13.1. The van der Waals surface area contributed by atoms with Gasteiger partial charge in [0.15, 0.2) is 0 Å². The van der Waals surface area contributed by atoms with Crippen molar-refractivity contribution in [1.82, 2.24) is 14.9 Å². The van der Waals surface area contributed by atoms with Gasteiger partial charge in [-0.1, -0.05) is 78.4 Å². The van der Waals surface area contributed by atoms with Gasteiger partial charge in [0.05, 0.1) is 0 Å². The molecule has 5 aromatic rings. The van der Waals surface area contributed by atoms with Crippen LogP contribution in [0.15, 0.2) is 110 Å². The van der Waals surface area contributed by atoms with Gasteiger partial charge >= 0.3 is 0 Å². The number of rotatable bonds is 8. The molecule has 0 bridgehead atoms. The Hall–Kier alpha value is -4.18. The fourth-order valence-electron chi connectivity index (χ4n) is 4.63. The molecule has 0 radical (unpaired) electrons. The van der Waals surface area contributed by atoms with Crippen molar-refractivity contribution in [2.75, 3.05) is 0 Å². The van der Waals surface area contributed by atoms with Crippen LogP contribution in [0.25, 0.3) is 10.9 Å². The molecule has 4 heteroatoms. The van der Waals surface area contributed by atoms with E-state index in [2.05, 4.69) is 101 Å². The van der Waals surface area contributed by atoms with E-state index in [9.17, 15) is 4.79 Å². The molecule has 0 spiro atoms. The van der Waals surface area contributed by atoms with Gasteiger partial charge < -0.3 is 9.88 Å². The number of para-hydroxylation sites is 1. The predicted octanol–water partition coefficient (Wildman–Crippen LogP) is 6.23. The largest absolute Gasteiger partial charge is 0.352 e. The second-order valence-corrected chi connectivity index (χ2v) is 9.01. The molecular weight excluding hydrogens is 430 g/mol. The molecule has 2 aromatic heterocycles. The molecular formula is C31H29N3O. The molecule has 35 heavy (non-hydrogen) atoms. The maximum absolute atomic E-state index is 13.1. The fraction of sp³-hybridized carbons (Fsp3) is 0.161. The molecule has 3 aromatic carbocycles. The zero-order valence-electron chi connectivity index (χ0n) is 19.9. The molecule has 1 amide bonds. The third kappa shape index (κ3) is 5.33. The number of fused-ring (bicyclic) bond motifs is 1. The van der Waals surface area contributed by atoms with Crippen LogP contribution in [0.4, 0.5) is 0 Å². The van der Waals surface area contributed by atoms with Gasteiger partial charge in [0, 0.05) is 54.9 Å². The quantitative estimate of drug-likeness (QED) is 0.299. The Kier molecular flexibility index (Phi) is 6.71. The van der Waals surface area contributed by atoms with Crippen LogP contribution in [0.3, 0.4) is 0 Å². The first kappa shape index (κ1) is 22.6. The van der Waals surface area contributed by atoms with E-state index in [1.54, 1.807) is 12.4 Å². The van der Waals surface area contributed by atoms with Crippen molar-refractivity contribution >= 4 is 16.8 Å². The van der Waals surface area contributed by atoms with Crippen molar-refractivity contribution < 1.29 is 4.79 Å². The zero-order chi connectivity index (χ0) is 24.0. The summed E-state index contributed by atoms with van der Waals surface area (Å²) < 4.78 is 2.30. The van der Waals surface area contributed by atoms with Crippen molar-refractivity contribution in [3.63, 3.8) is 0 Å². The number of carbonyl (C=O) groups excluding carboxylic acids is 1. The highest BCUT2D eigenvalue weighted by Gasteiger charge is 2.23. The van der Waals surface area contributed by atoms with Crippen LogP contribution in [-0.4, -0.2) is 15.5 Å². The predicted molar refractivity (Wildman–Crippen MR) is 141 cm³/mol. The van der Waals surface area contributed by atoms with E-state index in [1.807, 2.05) is 18.2 Å². The molecule has 0 aliphatic carbocycles. The maximum Gasteiger partial charge on any atom is 0.221 e. The lowest BCUT2D eigenvalue weighted by Gasteiger charge is -2.18. The number of hydrogen-bond donors (Lipinski definition) is 1. The Morgan fingerprint density at radius 1 is 0.857 bits per heavy atom. The number of pyridine rings is 1. The number of benzene rings is 3. The van der Waals surface area contributed by atoms with Gasteiger partial charge in [-0.15, -0.1) is 0 Å². The summed E-state index contributed by atoms with van der Waals surface area (Å²) in [5.41, 5.74) is 7.01. The summed E-state index contributed by atoms with van der Waals surface area (Å²) in [6.07, 6.45) is 6.11. The molecule has 2 heterocycles. The smallest absolute Gasteiger partial charge is 0.221 e. The van der Waals surface area contributed by atoms with E-state index in [4.69, 9.17) is 0 Å². The summed E-state index contributed by atoms with van der Waals surface area (Å²) >= 11 is 0. The van der Waals surface area contributed by atoms with E-state index in [0.29, 0.717) is 13.0 Å². The van der Waals surface area contributed by atoms with Gasteiger partial charge in [-0.3, -0.25) is 9.78 Å². The summed E-state index contributed by atoms with van der Waals surface area (Å²) in [4.78, 5) is 17.2. The van der Waals surface area contributed by atoms with Crippen LogP contribution in [0.2, 0.25) is 0 Å². The van der Waals surface area contributed by atoms with Crippen molar-refractivity contribution in [3.8, 4) is 0 Å². The van der Waals surface area contributed by atoms with E-state index in [0.717, 1.165) is 17.7 Å². The van der Waals surface area contributed by atoms with Gasteiger partial charge in [0.2, 0.25) is 5.91 Å². The lowest BCUT2D eigenvalue weighted by molar-refractivity contribution is -0.121. The third-order valence-corrected chi connectivity index (χ3v) is 6.50. The Balaban J connectivity index is 1.49. The van der Waals surface area contributed by atoms with Crippen molar-refractivity contribution in [1.29, 1.82) is 0 Å². The first-order valence-electron chi connectivity index (χ1n) is 12.0. The second kappa shape index (κ2) is 10.4. The van der Waals surface area contributed by atoms with Crippen molar-refractivity contribution in [2.45, 2.75) is 32.4 Å². The Bertz CT molecular complexity index is 1410. The van der Waals surface area contributed by atoms with Crippen LogP contribution >= 0.6 is 0 Å². The van der Waals surface area contributed by atoms with Gasteiger partial charge in [-0.2, -0.15) is 0 Å². The molecule has 0 aliphatic heterocycles. The number of aryl methyl sites for hydroxylation is 1. The molecule has 0 fully saturated rings. The molecule has 0 saturated heterocycles. The van der Waals surface area contributed by atoms with Gasteiger partial charge in [0.1, 0.15) is 0 Å². The monoisotopic (exact) mass is 459 g/mol. The summed E-state index contributed by atoms with van der Waals surface area (Å²) in [7, 11) is 0. The Morgan fingerprint density at radius 2 is 1.57 bits per heavy atom. The number of carbonyl (C=O) groups is 1. The number of aromatic nitrogens is 2. The minimum absolute atomic E-state index is 0.0345. The van der Waals surface area contributed by atoms with E-state index < -0.39 is 0 Å². The SMILES string of the molecule is Cc1ccc([C@H](CC(=O)NCc2ccncc2)c2cn(Cc3ccccc3)c3ccccc23)cc1. The van der Waals surface area contributed by atoms with Crippen LogP contribution in [0, 0.1) is 6.92 Å². The molecule has 0 unspecified atom stereocenters. The molecule has 5 rings (SSSR count). The van der Waals surface area contributed by atoms with E-state index in [-0.39, 0.29) is 11.8 Å². The topological polar surface area (TPSA) is 46.9 Å². The van der Waals surface area contributed by atoms with E-state index in [1.165, 1.54) is 27.6 Å². The van der Waals surface area contributed by atoms with Crippen LogP contribution < -0.4 is 5.32 Å². The lowest BCUT2D eigenvalue weighted by atomic mass is 9.87. The Morgan fingerprint density at radius 3 is 2.34 bits per heavy atom. The standard InChI is InChI=1S/C31H29N3O/c1-23-11-13-26(14-12-23)28(19-31(35)33-20-24-15-17-32-18-16-24)29-22-34(21-25-7-3-2-4-8-25)30-10-6-5-9-27(29)30/h2-18,22,28H,19-21H2,1H3,(H,33,35)/t28-/m0/s1. The minimum atomic E-state index is -0.0463. The molecule has 0 saturated carbocycles. The summed E-state index contributed by atoms with van der Waals surface area (Å²) in [6.45, 7) is 3.37. The highest BCUT2D eigenvalue weighted by molar-refractivity contribution is 5.86. The summed E-state index contributed by atoms with van der Waals surface area (Å²) in [5.74, 6) is -0.0118.